The number of aryl methyl sites for hydroxylation is 1. The van der Waals surface area contributed by atoms with E-state index in [1.165, 1.54) is 10.7 Å². The number of para-hydroxylation sites is 1. The van der Waals surface area contributed by atoms with Crippen molar-refractivity contribution in [1.29, 1.82) is 0 Å². The molecule has 140 valence electrons. The van der Waals surface area contributed by atoms with E-state index in [-0.39, 0.29) is 18.0 Å². The van der Waals surface area contributed by atoms with Gasteiger partial charge in [0, 0.05) is 11.6 Å². The van der Waals surface area contributed by atoms with Crippen LogP contribution in [0.5, 0.6) is 5.75 Å². The Bertz CT molecular complexity index is 1160. The van der Waals surface area contributed by atoms with Gasteiger partial charge in [0.15, 0.2) is 0 Å². The molecule has 0 amide bonds. The van der Waals surface area contributed by atoms with E-state index in [2.05, 4.69) is 15.2 Å². The predicted molar refractivity (Wildman–Crippen MR) is 104 cm³/mol. The van der Waals surface area contributed by atoms with E-state index < -0.39 is 0 Å². The number of benzene rings is 2. The third-order valence-electron chi connectivity index (χ3n) is 4.31. The lowest BCUT2D eigenvalue weighted by Crippen LogP contribution is -2.23. The second-order valence-electron chi connectivity index (χ2n) is 6.29. The van der Waals surface area contributed by atoms with Gasteiger partial charge in [0.05, 0.1) is 18.4 Å². The number of rotatable bonds is 5. The van der Waals surface area contributed by atoms with Crippen LogP contribution in [-0.2, 0) is 6.54 Å². The summed E-state index contributed by atoms with van der Waals surface area (Å²) in [6.45, 7) is 2.10. The van der Waals surface area contributed by atoms with Crippen molar-refractivity contribution in [1.82, 2.24) is 19.9 Å². The fourth-order valence-electron chi connectivity index (χ4n) is 2.83. The topological polar surface area (TPSA) is 83.0 Å². The molecule has 0 saturated carbocycles. The minimum atomic E-state index is -0.243. The Morgan fingerprint density at radius 1 is 1.04 bits per heavy atom. The summed E-state index contributed by atoms with van der Waals surface area (Å²) in [5, 5.41) is 8.44. The molecule has 0 fully saturated rings. The molecule has 0 aliphatic carbocycles. The average molecular weight is 374 g/mol. The SMILES string of the molecule is COc1ccccc1-c1noc(Cn2nc(-c3ccc(C)cc3)ccc2=O)n1. The molecule has 0 spiro atoms. The number of hydrogen-bond acceptors (Lipinski definition) is 6. The minimum Gasteiger partial charge on any atom is -0.496 e. The van der Waals surface area contributed by atoms with Crippen molar-refractivity contribution < 1.29 is 9.26 Å². The first-order valence-electron chi connectivity index (χ1n) is 8.75. The van der Waals surface area contributed by atoms with Crippen LogP contribution in [0, 0.1) is 6.92 Å². The second kappa shape index (κ2) is 7.48. The highest BCUT2D eigenvalue weighted by atomic mass is 16.5. The van der Waals surface area contributed by atoms with E-state index in [9.17, 15) is 4.79 Å². The molecule has 0 unspecified atom stereocenters. The van der Waals surface area contributed by atoms with E-state index in [0.29, 0.717) is 22.8 Å². The van der Waals surface area contributed by atoms with Crippen LogP contribution >= 0.6 is 0 Å². The first kappa shape index (κ1) is 17.7. The van der Waals surface area contributed by atoms with Gasteiger partial charge in [-0.1, -0.05) is 47.1 Å². The van der Waals surface area contributed by atoms with Crippen LogP contribution in [-0.4, -0.2) is 27.0 Å². The van der Waals surface area contributed by atoms with E-state index in [1.807, 2.05) is 55.5 Å². The summed E-state index contributed by atoms with van der Waals surface area (Å²) in [5.74, 6) is 1.33. The third kappa shape index (κ3) is 3.55. The predicted octanol–water partition coefficient (Wildman–Crippen LogP) is 3.33. The quantitative estimate of drug-likeness (QED) is 0.533. The molecular weight excluding hydrogens is 356 g/mol. The van der Waals surface area contributed by atoms with Gasteiger partial charge in [0.2, 0.25) is 11.7 Å². The molecule has 0 aliphatic rings. The monoisotopic (exact) mass is 374 g/mol. The summed E-state index contributed by atoms with van der Waals surface area (Å²) >= 11 is 0. The molecule has 0 saturated heterocycles. The van der Waals surface area contributed by atoms with E-state index in [4.69, 9.17) is 9.26 Å². The van der Waals surface area contributed by atoms with Gasteiger partial charge in [-0.25, -0.2) is 4.68 Å². The first-order valence-corrected chi connectivity index (χ1v) is 8.75. The van der Waals surface area contributed by atoms with Crippen molar-refractivity contribution in [3.63, 3.8) is 0 Å². The summed E-state index contributed by atoms with van der Waals surface area (Å²) in [7, 11) is 1.58. The van der Waals surface area contributed by atoms with Gasteiger partial charge in [-0.05, 0) is 25.1 Å². The summed E-state index contributed by atoms with van der Waals surface area (Å²) < 4.78 is 12.0. The number of methoxy groups -OCH3 is 1. The Balaban J connectivity index is 1.63. The zero-order chi connectivity index (χ0) is 19.5. The normalized spacial score (nSPS) is 10.8. The highest BCUT2D eigenvalue weighted by Gasteiger charge is 2.14. The van der Waals surface area contributed by atoms with Crippen LogP contribution in [0.2, 0.25) is 0 Å². The Morgan fingerprint density at radius 3 is 2.61 bits per heavy atom. The molecule has 0 radical (unpaired) electrons. The van der Waals surface area contributed by atoms with Crippen LogP contribution in [0.25, 0.3) is 22.6 Å². The van der Waals surface area contributed by atoms with Gasteiger partial charge in [-0.15, -0.1) is 0 Å². The third-order valence-corrected chi connectivity index (χ3v) is 4.31. The fourth-order valence-corrected chi connectivity index (χ4v) is 2.83. The largest absolute Gasteiger partial charge is 0.496 e. The molecule has 0 atom stereocenters. The Morgan fingerprint density at radius 2 is 1.82 bits per heavy atom. The summed E-state index contributed by atoms with van der Waals surface area (Å²) in [6, 6.07) is 18.5. The van der Waals surface area contributed by atoms with Crippen LogP contribution in [0.15, 0.2) is 70.0 Å². The molecule has 7 nitrogen and oxygen atoms in total. The van der Waals surface area contributed by atoms with Crippen LogP contribution < -0.4 is 10.3 Å². The molecule has 2 aromatic carbocycles. The Kier molecular flexibility index (Phi) is 4.72. The molecule has 0 bridgehead atoms. The van der Waals surface area contributed by atoms with Crippen molar-refractivity contribution in [3.8, 4) is 28.4 Å². The van der Waals surface area contributed by atoms with Crippen molar-refractivity contribution in [3.05, 3.63) is 82.5 Å². The molecule has 4 aromatic rings. The maximum absolute atomic E-state index is 12.2. The Labute approximate surface area is 161 Å². The number of hydrogen-bond donors (Lipinski definition) is 0. The zero-order valence-electron chi connectivity index (χ0n) is 15.5. The number of ether oxygens (including phenoxy) is 1. The molecule has 2 aromatic heterocycles. The molecular formula is C21H18N4O3. The zero-order valence-corrected chi connectivity index (χ0v) is 15.5. The molecule has 0 aliphatic heterocycles. The highest BCUT2D eigenvalue weighted by Crippen LogP contribution is 2.27. The molecule has 2 heterocycles. The standard InChI is InChI=1S/C21H18N4O3/c1-14-7-9-15(10-8-14)17-11-12-20(26)25(23-17)13-19-22-21(24-28-19)16-5-3-4-6-18(16)27-2/h3-12H,13H2,1-2H3. The average Bonchev–Trinajstić information content (AvgIpc) is 3.18. The first-order chi connectivity index (χ1) is 13.6. The van der Waals surface area contributed by atoms with Gasteiger partial charge in [0.1, 0.15) is 12.3 Å². The van der Waals surface area contributed by atoms with E-state index in [0.717, 1.165) is 11.1 Å². The van der Waals surface area contributed by atoms with Gasteiger partial charge >= 0.3 is 0 Å². The van der Waals surface area contributed by atoms with Crippen molar-refractivity contribution in [2.45, 2.75) is 13.5 Å². The van der Waals surface area contributed by atoms with Crippen molar-refractivity contribution in [2.24, 2.45) is 0 Å². The lowest BCUT2D eigenvalue weighted by Gasteiger charge is -2.05. The van der Waals surface area contributed by atoms with Crippen molar-refractivity contribution >= 4 is 0 Å². The van der Waals surface area contributed by atoms with Crippen LogP contribution in [0.1, 0.15) is 11.5 Å². The maximum Gasteiger partial charge on any atom is 0.267 e. The van der Waals surface area contributed by atoms with E-state index in [1.54, 1.807) is 13.2 Å². The summed E-state index contributed by atoms with van der Waals surface area (Å²) in [6.07, 6.45) is 0. The highest BCUT2D eigenvalue weighted by molar-refractivity contribution is 5.63. The van der Waals surface area contributed by atoms with Gasteiger partial charge in [0.25, 0.3) is 5.56 Å². The Hall–Kier alpha value is -3.74. The molecule has 4 rings (SSSR count). The smallest absolute Gasteiger partial charge is 0.267 e. The van der Waals surface area contributed by atoms with Gasteiger partial charge in [-0.2, -0.15) is 10.1 Å². The van der Waals surface area contributed by atoms with Crippen molar-refractivity contribution in [2.75, 3.05) is 7.11 Å². The summed E-state index contributed by atoms with van der Waals surface area (Å²) in [4.78, 5) is 16.6. The minimum absolute atomic E-state index is 0.0840. The van der Waals surface area contributed by atoms with E-state index >= 15 is 0 Å². The maximum atomic E-state index is 12.2. The van der Waals surface area contributed by atoms with Crippen LogP contribution in [0.3, 0.4) is 0 Å². The summed E-state index contributed by atoms with van der Waals surface area (Å²) in [5.41, 5.74) is 3.26. The van der Waals surface area contributed by atoms with Gasteiger partial charge in [-0.3, -0.25) is 4.79 Å². The second-order valence-corrected chi connectivity index (χ2v) is 6.29. The fraction of sp³-hybridized carbons (Fsp3) is 0.143. The number of nitrogens with zero attached hydrogens (tertiary/aromatic N) is 4. The molecule has 28 heavy (non-hydrogen) atoms. The number of aromatic nitrogens is 4. The van der Waals surface area contributed by atoms with Crippen LogP contribution in [0.4, 0.5) is 0 Å². The lowest BCUT2D eigenvalue weighted by atomic mass is 10.1. The lowest BCUT2D eigenvalue weighted by molar-refractivity contribution is 0.363. The molecule has 7 heteroatoms. The molecule has 0 N–H and O–H groups in total. The van der Waals surface area contributed by atoms with Gasteiger partial charge < -0.3 is 9.26 Å².